The fourth-order valence-corrected chi connectivity index (χ4v) is 1.98. The average Bonchev–Trinajstić information content (AvgIpc) is 2.22. The van der Waals surface area contributed by atoms with Crippen LogP contribution in [-0.4, -0.2) is 45.3 Å². The van der Waals surface area contributed by atoms with Crippen LogP contribution in [0.15, 0.2) is 0 Å². The van der Waals surface area contributed by atoms with Gasteiger partial charge >= 0.3 is 0 Å². The average molecular weight is 231 g/mol. The first-order valence-electron chi connectivity index (χ1n) is 6.25. The van der Waals surface area contributed by atoms with Crippen molar-refractivity contribution < 1.29 is 14.2 Å². The van der Waals surface area contributed by atoms with E-state index >= 15 is 0 Å². The maximum atomic E-state index is 5.53. The first-order chi connectivity index (χ1) is 7.76. The van der Waals surface area contributed by atoms with E-state index < -0.39 is 0 Å². The summed E-state index contributed by atoms with van der Waals surface area (Å²) in [7, 11) is 1.80. The number of hydrogen-bond donors (Lipinski definition) is 1. The van der Waals surface area contributed by atoms with Crippen LogP contribution >= 0.6 is 0 Å². The van der Waals surface area contributed by atoms with Gasteiger partial charge in [0.2, 0.25) is 0 Å². The summed E-state index contributed by atoms with van der Waals surface area (Å²) in [4.78, 5) is 0. The lowest BCUT2D eigenvalue weighted by atomic mass is 9.80. The van der Waals surface area contributed by atoms with Crippen molar-refractivity contribution >= 4 is 0 Å². The summed E-state index contributed by atoms with van der Waals surface area (Å²) in [5.41, 5.74) is 0.0724. The number of methoxy groups -OCH3 is 1. The van der Waals surface area contributed by atoms with Crippen LogP contribution < -0.4 is 5.32 Å². The van der Waals surface area contributed by atoms with E-state index in [9.17, 15) is 0 Å². The van der Waals surface area contributed by atoms with E-state index in [4.69, 9.17) is 14.2 Å². The zero-order valence-electron chi connectivity index (χ0n) is 10.8. The molecule has 0 radical (unpaired) electrons. The molecule has 0 aromatic heterocycles. The Kier molecular flexibility index (Phi) is 6.28. The summed E-state index contributed by atoms with van der Waals surface area (Å²) < 4.78 is 16.4. The highest BCUT2D eigenvalue weighted by atomic mass is 16.7. The molecular weight excluding hydrogens is 206 g/mol. The predicted molar refractivity (Wildman–Crippen MR) is 63.5 cm³/mol. The molecule has 4 nitrogen and oxygen atoms in total. The molecule has 0 atom stereocenters. The predicted octanol–water partition coefficient (Wildman–Crippen LogP) is 1.54. The molecule has 0 aromatic carbocycles. The third-order valence-corrected chi connectivity index (χ3v) is 3.16. The molecule has 1 fully saturated rings. The Morgan fingerprint density at radius 2 is 1.81 bits per heavy atom. The Labute approximate surface area is 98.6 Å². The lowest BCUT2D eigenvalue weighted by Gasteiger charge is -2.40. The summed E-state index contributed by atoms with van der Waals surface area (Å²) in [6, 6.07) is 0. The fourth-order valence-electron chi connectivity index (χ4n) is 1.98. The van der Waals surface area contributed by atoms with Crippen molar-refractivity contribution in [1.82, 2.24) is 5.32 Å². The minimum atomic E-state index is -0.135. The zero-order chi connectivity index (χ0) is 11.9. The van der Waals surface area contributed by atoms with Crippen molar-refractivity contribution in [2.24, 2.45) is 0 Å². The van der Waals surface area contributed by atoms with Gasteiger partial charge in [-0.05, 0) is 33.1 Å². The summed E-state index contributed by atoms with van der Waals surface area (Å²) >= 11 is 0. The molecule has 1 rings (SSSR count). The van der Waals surface area contributed by atoms with E-state index in [1.54, 1.807) is 7.11 Å². The number of rotatable bonds is 9. The summed E-state index contributed by atoms with van der Waals surface area (Å²) in [5, 5.41) is 3.37. The van der Waals surface area contributed by atoms with Gasteiger partial charge in [-0.1, -0.05) is 0 Å². The SMILES string of the molecule is CCOC(CNCC1(OC)CCC1)OCC. The quantitative estimate of drug-likeness (QED) is 0.611. The van der Waals surface area contributed by atoms with Crippen molar-refractivity contribution in [3.63, 3.8) is 0 Å². The Morgan fingerprint density at radius 1 is 1.19 bits per heavy atom. The molecule has 1 aliphatic rings. The second-order valence-electron chi connectivity index (χ2n) is 4.21. The van der Waals surface area contributed by atoms with Gasteiger partial charge in [0.1, 0.15) is 0 Å². The van der Waals surface area contributed by atoms with Gasteiger partial charge in [0, 0.05) is 33.4 Å². The van der Waals surface area contributed by atoms with E-state index in [2.05, 4.69) is 5.32 Å². The van der Waals surface area contributed by atoms with Crippen LogP contribution in [0.4, 0.5) is 0 Å². The van der Waals surface area contributed by atoms with Gasteiger partial charge in [-0.3, -0.25) is 0 Å². The van der Waals surface area contributed by atoms with Crippen LogP contribution in [0.5, 0.6) is 0 Å². The van der Waals surface area contributed by atoms with E-state index in [1.807, 2.05) is 13.8 Å². The maximum Gasteiger partial charge on any atom is 0.169 e. The minimum absolute atomic E-state index is 0.0724. The maximum absolute atomic E-state index is 5.53. The van der Waals surface area contributed by atoms with Crippen LogP contribution in [0.1, 0.15) is 33.1 Å². The third-order valence-electron chi connectivity index (χ3n) is 3.16. The zero-order valence-corrected chi connectivity index (χ0v) is 10.8. The molecule has 16 heavy (non-hydrogen) atoms. The normalized spacial score (nSPS) is 18.8. The molecular formula is C12H25NO3. The van der Waals surface area contributed by atoms with Crippen molar-refractivity contribution in [2.45, 2.75) is 45.0 Å². The molecule has 0 saturated heterocycles. The molecule has 96 valence electrons. The molecule has 0 amide bonds. The lowest BCUT2D eigenvalue weighted by Crippen LogP contribution is -2.49. The van der Waals surface area contributed by atoms with Gasteiger partial charge in [0.05, 0.1) is 5.60 Å². The van der Waals surface area contributed by atoms with Crippen molar-refractivity contribution in [3.8, 4) is 0 Å². The molecule has 1 aliphatic carbocycles. The van der Waals surface area contributed by atoms with E-state index in [1.165, 1.54) is 6.42 Å². The van der Waals surface area contributed by atoms with Gasteiger partial charge < -0.3 is 19.5 Å². The second kappa shape index (κ2) is 7.22. The Morgan fingerprint density at radius 3 is 2.19 bits per heavy atom. The topological polar surface area (TPSA) is 39.7 Å². The van der Waals surface area contributed by atoms with Crippen molar-refractivity contribution in [2.75, 3.05) is 33.4 Å². The van der Waals surface area contributed by atoms with Gasteiger partial charge in [0.15, 0.2) is 6.29 Å². The van der Waals surface area contributed by atoms with Crippen molar-refractivity contribution in [1.29, 1.82) is 0 Å². The van der Waals surface area contributed by atoms with E-state index in [0.717, 1.165) is 25.9 Å². The third kappa shape index (κ3) is 4.01. The molecule has 0 bridgehead atoms. The highest BCUT2D eigenvalue weighted by Gasteiger charge is 2.36. The largest absolute Gasteiger partial charge is 0.377 e. The van der Waals surface area contributed by atoms with Crippen LogP contribution in [0.25, 0.3) is 0 Å². The molecule has 1 saturated carbocycles. The molecule has 0 unspecified atom stereocenters. The Balaban J connectivity index is 2.16. The molecule has 0 spiro atoms. The van der Waals surface area contributed by atoms with Crippen LogP contribution in [-0.2, 0) is 14.2 Å². The van der Waals surface area contributed by atoms with E-state index in [0.29, 0.717) is 13.2 Å². The first kappa shape index (κ1) is 13.9. The molecule has 1 N–H and O–H groups in total. The fraction of sp³-hybridized carbons (Fsp3) is 1.00. The smallest absolute Gasteiger partial charge is 0.169 e. The minimum Gasteiger partial charge on any atom is -0.377 e. The lowest BCUT2D eigenvalue weighted by molar-refractivity contribution is -0.136. The highest BCUT2D eigenvalue weighted by molar-refractivity contribution is 4.91. The highest BCUT2D eigenvalue weighted by Crippen LogP contribution is 2.34. The van der Waals surface area contributed by atoms with Gasteiger partial charge in [-0.15, -0.1) is 0 Å². The van der Waals surface area contributed by atoms with Gasteiger partial charge in [0.25, 0.3) is 0 Å². The van der Waals surface area contributed by atoms with Crippen LogP contribution in [0, 0.1) is 0 Å². The van der Waals surface area contributed by atoms with Crippen LogP contribution in [0.2, 0.25) is 0 Å². The monoisotopic (exact) mass is 231 g/mol. The summed E-state index contributed by atoms with van der Waals surface area (Å²) in [5.74, 6) is 0. The molecule has 0 heterocycles. The Hall–Kier alpha value is -0.160. The molecule has 4 heteroatoms. The standard InChI is InChI=1S/C12H25NO3/c1-4-15-11(16-5-2)9-13-10-12(14-3)7-6-8-12/h11,13H,4-10H2,1-3H3. The summed E-state index contributed by atoms with van der Waals surface area (Å²) in [6.07, 6.45) is 3.45. The van der Waals surface area contributed by atoms with Crippen molar-refractivity contribution in [3.05, 3.63) is 0 Å². The summed E-state index contributed by atoms with van der Waals surface area (Å²) in [6.45, 7) is 6.94. The first-order valence-corrected chi connectivity index (χ1v) is 6.25. The second-order valence-corrected chi connectivity index (χ2v) is 4.21. The number of ether oxygens (including phenoxy) is 3. The molecule has 0 aromatic rings. The van der Waals surface area contributed by atoms with Crippen LogP contribution in [0.3, 0.4) is 0 Å². The molecule has 0 aliphatic heterocycles. The van der Waals surface area contributed by atoms with Gasteiger partial charge in [-0.25, -0.2) is 0 Å². The Bertz CT molecular complexity index is 172. The van der Waals surface area contributed by atoms with Gasteiger partial charge in [-0.2, -0.15) is 0 Å². The number of nitrogens with one attached hydrogen (secondary N) is 1. The number of hydrogen-bond acceptors (Lipinski definition) is 4. The van der Waals surface area contributed by atoms with E-state index in [-0.39, 0.29) is 11.9 Å².